The fourth-order valence-corrected chi connectivity index (χ4v) is 4.08. The van der Waals surface area contributed by atoms with Crippen molar-refractivity contribution in [2.45, 2.75) is 91.6 Å². The SMILES string of the molecule is C.Cc1ccc(C)c(F)c1.Cc1nc(NCC2CCCN2)nc(NC2CCCCCC2)n1. The average Bonchev–Trinajstić information content (AvgIpc) is 3.13. The molecular weight excluding hydrogens is 403 g/mol. The quantitative estimate of drug-likeness (QED) is 0.525. The minimum absolute atomic E-state index is 0. The molecule has 0 bridgehead atoms. The number of benzene rings is 1. The molecule has 6 nitrogen and oxygen atoms in total. The third-order valence-electron chi connectivity index (χ3n) is 5.93. The molecule has 3 N–H and O–H groups in total. The van der Waals surface area contributed by atoms with Crippen molar-refractivity contribution in [3.63, 3.8) is 0 Å². The summed E-state index contributed by atoms with van der Waals surface area (Å²) in [6.07, 6.45) is 10.3. The van der Waals surface area contributed by atoms with Crippen LogP contribution in [0, 0.1) is 26.6 Å². The van der Waals surface area contributed by atoms with Gasteiger partial charge >= 0.3 is 0 Å². The predicted molar refractivity (Wildman–Crippen MR) is 132 cm³/mol. The molecule has 32 heavy (non-hydrogen) atoms. The molecule has 0 spiro atoms. The summed E-state index contributed by atoms with van der Waals surface area (Å²) in [6.45, 7) is 7.57. The van der Waals surface area contributed by atoms with Gasteiger partial charge in [-0.15, -0.1) is 0 Å². The summed E-state index contributed by atoms with van der Waals surface area (Å²) in [6, 6.07) is 6.27. The Kier molecular flexibility index (Phi) is 10.8. The van der Waals surface area contributed by atoms with Crippen LogP contribution in [-0.4, -0.2) is 40.1 Å². The van der Waals surface area contributed by atoms with Gasteiger partial charge in [0.2, 0.25) is 11.9 Å². The van der Waals surface area contributed by atoms with E-state index in [4.69, 9.17) is 0 Å². The number of nitrogens with one attached hydrogen (secondary N) is 3. The van der Waals surface area contributed by atoms with Crippen molar-refractivity contribution < 1.29 is 4.39 Å². The van der Waals surface area contributed by atoms with E-state index in [9.17, 15) is 4.39 Å². The number of aromatic nitrogens is 3. The van der Waals surface area contributed by atoms with E-state index in [1.165, 1.54) is 57.4 Å². The van der Waals surface area contributed by atoms with Crippen molar-refractivity contribution in [2.75, 3.05) is 23.7 Å². The minimum atomic E-state index is -0.116. The van der Waals surface area contributed by atoms with Gasteiger partial charge in [0.1, 0.15) is 11.6 Å². The Labute approximate surface area is 193 Å². The Morgan fingerprint density at radius 3 is 2.28 bits per heavy atom. The first-order valence-corrected chi connectivity index (χ1v) is 11.7. The van der Waals surface area contributed by atoms with Crippen LogP contribution in [0.1, 0.15) is 75.7 Å². The lowest BCUT2D eigenvalue weighted by molar-refractivity contribution is 0.612. The number of aryl methyl sites for hydroxylation is 3. The van der Waals surface area contributed by atoms with Gasteiger partial charge in [0.15, 0.2) is 0 Å². The molecule has 1 saturated carbocycles. The molecule has 1 saturated heterocycles. The maximum atomic E-state index is 12.6. The topological polar surface area (TPSA) is 74.8 Å². The maximum absolute atomic E-state index is 12.6. The number of hydrogen-bond donors (Lipinski definition) is 3. The number of halogens is 1. The van der Waals surface area contributed by atoms with Crippen LogP contribution in [-0.2, 0) is 0 Å². The number of nitrogens with zero attached hydrogens (tertiary/aromatic N) is 3. The van der Waals surface area contributed by atoms with Crippen LogP contribution in [0.15, 0.2) is 18.2 Å². The van der Waals surface area contributed by atoms with Crippen molar-refractivity contribution >= 4 is 11.9 Å². The van der Waals surface area contributed by atoms with Gasteiger partial charge in [0, 0.05) is 18.6 Å². The van der Waals surface area contributed by atoms with E-state index < -0.39 is 0 Å². The average molecular weight is 445 g/mol. The molecule has 2 aliphatic rings. The monoisotopic (exact) mass is 444 g/mol. The molecule has 7 heteroatoms. The van der Waals surface area contributed by atoms with Gasteiger partial charge in [-0.05, 0) is 70.2 Å². The van der Waals surface area contributed by atoms with Crippen molar-refractivity contribution in [3.8, 4) is 0 Å². The normalized spacial score (nSPS) is 18.7. The lowest BCUT2D eigenvalue weighted by Crippen LogP contribution is -2.30. The van der Waals surface area contributed by atoms with E-state index in [-0.39, 0.29) is 13.2 Å². The van der Waals surface area contributed by atoms with Gasteiger partial charge in [-0.2, -0.15) is 15.0 Å². The molecule has 2 fully saturated rings. The second-order valence-corrected chi connectivity index (χ2v) is 8.79. The van der Waals surface area contributed by atoms with E-state index in [1.54, 1.807) is 13.0 Å². The molecule has 2 heterocycles. The second kappa shape index (κ2) is 13.3. The zero-order valence-electron chi connectivity index (χ0n) is 19.2. The maximum Gasteiger partial charge on any atom is 0.227 e. The molecule has 0 radical (unpaired) electrons. The Bertz CT molecular complexity index is 814. The number of anilines is 2. The van der Waals surface area contributed by atoms with E-state index in [0.29, 0.717) is 23.6 Å². The summed E-state index contributed by atoms with van der Waals surface area (Å²) in [5.74, 6) is 2.07. The number of hydrogen-bond acceptors (Lipinski definition) is 6. The molecule has 1 unspecified atom stereocenters. The molecule has 1 aliphatic heterocycles. The van der Waals surface area contributed by atoms with E-state index in [0.717, 1.165) is 30.4 Å². The molecule has 0 amide bonds. The molecule has 1 aromatic heterocycles. The predicted octanol–water partition coefficient (Wildman–Crippen LogP) is 5.56. The van der Waals surface area contributed by atoms with Crippen molar-refractivity contribution in [1.82, 2.24) is 20.3 Å². The summed E-state index contributed by atoms with van der Waals surface area (Å²) >= 11 is 0. The van der Waals surface area contributed by atoms with Gasteiger partial charge in [-0.25, -0.2) is 4.39 Å². The second-order valence-electron chi connectivity index (χ2n) is 8.79. The summed E-state index contributed by atoms with van der Waals surface area (Å²) in [5, 5.41) is 10.3. The molecule has 178 valence electrons. The van der Waals surface area contributed by atoms with Gasteiger partial charge in [-0.1, -0.05) is 45.2 Å². The van der Waals surface area contributed by atoms with Gasteiger partial charge in [0.25, 0.3) is 0 Å². The Morgan fingerprint density at radius 1 is 0.938 bits per heavy atom. The Balaban J connectivity index is 0.000000307. The molecule has 1 aliphatic carbocycles. The Hall–Kier alpha value is -2.28. The molecule has 4 rings (SSSR count). The fraction of sp³-hybridized carbons (Fsp3) is 0.640. The first-order chi connectivity index (χ1) is 15.0. The molecule has 1 atom stereocenters. The van der Waals surface area contributed by atoms with Gasteiger partial charge in [-0.3, -0.25) is 0 Å². The van der Waals surface area contributed by atoms with Crippen LogP contribution in [0.25, 0.3) is 0 Å². The zero-order chi connectivity index (χ0) is 22.1. The van der Waals surface area contributed by atoms with Gasteiger partial charge in [0.05, 0.1) is 0 Å². The van der Waals surface area contributed by atoms with E-state index in [1.807, 2.05) is 19.9 Å². The molecule has 2 aromatic rings. The fourth-order valence-electron chi connectivity index (χ4n) is 4.08. The highest BCUT2D eigenvalue weighted by Crippen LogP contribution is 2.20. The highest BCUT2D eigenvalue weighted by molar-refractivity contribution is 5.35. The largest absolute Gasteiger partial charge is 0.353 e. The van der Waals surface area contributed by atoms with Crippen LogP contribution >= 0.6 is 0 Å². The first-order valence-electron chi connectivity index (χ1n) is 11.7. The highest BCUT2D eigenvalue weighted by Gasteiger charge is 2.16. The molecule has 1 aromatic carbocycles. The summed E-state index contributed by atoms with van der Waals surface area (Å²) in [4.78, 5) is 13.4. The smallest absolute Gasteiger partial charge is 0.227 e. The summed E-state index contributed by atoms with van der Waals surface area (Å²) in [5.41, 5.74) is 1.68. The third kappa shape index (κ3) is 8.69. The van der Waals surface area contributed by atoms with Crippen molar-refractivity contribution in [3.05, 3.63) is 41.0 Å². The lowest BCUT2D eigenvalue weighted by atomic mass is 10.1. The van der Waals surface area contributed by atoms with Crippen LogP contribution < -0.4 is 16.0 Å². The van der Waals surface area contributed by atoms with Crippen LogP contribution in [0.2, 0.25) is 0 Å². The lowest BCUT2D eigenvalue weighted by Gasteiger charge is -2.17. The van der Waals surface area contributed by atoms with Crippen LogP contribution in [0.4, 0.5) is 16.3 Å². The standard InChI is InChI=1S/C16H28N6.C8H9F.CH4/c1-12-19-15(18-11-14-9-6-10-17-14)22-16(20-12)21-13-7-4-2-3-5-8-13;1-6-3-4-7(2)8(9)5-6;/h13-14,17H,2-11H2,1H3,(H2,18,19,20,21,22);3-5H,1-2H3;1H4. The van der Waals surface area contributed by atoms with Crippen LogP contribution in [0.3, 0.4) is 0 Å². The van der Waals surface area contributed by atoms with Gasteiger partial charge < -0.3 is 16.0 Å². The number of rotatable bonds is 5. The van der Waals surface area contributed by atoms with E-state index >= 15 is 0 Å². The van der Waals surface area contributed by atoms with Crippen molar-refractivity contribution in [2.24, 2.45) is 0 Å². The Morgan fingerprint density at radius 2 is 1.66 bits per heavy atom. The summed E-state index contributed by atoms with van der Waals surface area (Å²) in [7, 11) is 0. The molecular formula is C25H41FN6. The van der Waals surface area contributed by atoms with Crippen molar-refractivity contribution in [1.29, 1.82) is 0 Å². The first kappa shape index (κ1) is 26.0. The third-order valence-corrected chi connectivity index (χ3v) is 5.93. The zero-order valence-corrected chi connectivity index (χ0v) is 19.2. The van der Waals surface area contributed by atoms with E-state index in [2.05, 4.69) is 30.9 Å². The highest BCUT2D eigenvalue weighted by atomic mass is 19.1. The summed E-state index contributed by atoms with van der Waals surface area (Å²) < 4.78 is 12.6. The van der Waals surface area contributed by atoms with Crippen LogP contribution in [0.5, 0.6) is 0 Å². The minimum Gasteiger partial charge on any atom is -0.353 e.